The molecule has 25 heavy (non-hydrogen) atoms. The van der Waals surface area contributed by atoms with Gasteiger partial charge in [-0.25, -0.2) is 9.97 Å². The summed E-state index contributed by atoms with van der Waals surface area (Å²) >= 11 is 0. The van der Waals surface area contributed by atoms with Crippen LogP contribution in [-0.2, 0) is 21.0 Å². The van der Waals surface area contributed by atoms with Crippen molar-refractivity contribution in [1.29, 1.82) is 0 Å². The maximum absolute atomic E-state index is 12.1. The molecule has 1 unspecified atom stereocenters. The first kappa shape index (κ1) is 17.6. The second kappa shape index (κ2) is 8.21. The van der Waals surface area contributed by atoms with E-state index < -0.39 is 6.10 Å². The first-order chi connectivity index (χ1) is 12.2. The van der Waals surface area contributed by atoms with Gasteiger partial charge in [-0.2, -0.15) is 4.98 Å². The number of fused-ring (bicyclic) bond motifs is 1. The average Bonchev–Trinajstić information content (AvgIpc) is 3.04. The number of aromatic nitrogens is 4. The van der Waals surface area contributed by atoms with E-state index >= 15 is 0 Å². The Bertz CT molecular complexity index is 714. The van der Waals surface area contributed by atoms with Crippen molar-refractivity contribution in [2.45, 2.75) is 44.9 Å². The molecule has 136 valence electrons. The van der Waals surface area contributed by atoms with Crippen LogP contribution in [0.25, 0.3) is 11.2 Å². The zero-order valence-electron chi connectivity index (χ0n) is 14.0. The molecule has 3 rings (SSSR count). The zero-order valence-corrected chi connectivity index (χ0v) is 14.0. The number of aliphatic hydroxyl groups is 1. The minimum atomic E-state index is -0.598. The standard InChI is InChI=1S/C16H23N5O4/c17-16-18-6-13-14(20-16)19-9-21(13)10-25-12(7-22)8-24-15(23)11-4-2-1-3-5-11/h6,9,11-12,22H,1-5,7-8,10H2,(H2,17,18,20). The van der Waals surface area contributed by atoms with Crippen LogP contribution in [0.2, 0.25) is 0 Å². The number of nitrogens with zero attached hydrogens (tertiary/aromatic N) is 4. The van der Waals surface area contributed by atoms with Gasteiger partial charge in [-0.1, -0.05) is 19.3 Å². The third-order valence-electron chi connectivity index (χ3n) is 4.40. The first-order valence-corrected chi connectivity index (χ1v) is 8.50. The summed E-state index contributed by atoms with van der Waals surface area (Å²) in [6.45, 7) is -0.0775. The number of carbonyl (C=O) groups excluding carboxylic acids is 1. The molecule has 1 fully saturated rings. The Morgan fingerprint density at radius 2 is 2.16 bits per heavy atom. The molecule has 0 amide bonds. The first-order valence-electron chi connectivity index (χ1n) is 8.50. The predicted molar refractivity (Wildman–Crippen MR) is 89.2 cm³/mol. The molecule has 1 atom stereocenters. The molecule has 9 heteroatoms. The highest BCUT2D eigenvalue weighted by atomic mass is 16.6. The number of ether oxygens (including phenoxy) is 2. The van der Waals surface area contributed by atoms with Crippen molar-refractivity contribution in [3.8, 4) is 0 Å². The summed E-state index contributed by atoms with van der Waals surface area (Å²) in [5.74, 6) is -0.0615. The highest BCUT2D eigenvalue weighted by molar-refractivity contribution is 5.72. The van der Waals surface area contributed by atoms with Gasteiger partial charge < -0.3 is 24.9 Å². The predicted octanol–water partition coefficient (Wildman–Crippen LogP) is 0.867. The topological polar surface area (TPSA) is 125 Å². The number of esters is 1. The smallest absolute Gasteiger partial charge is 0.309 e. The number of hydrogen-bond donors (Lipinski definition) is 2. The molecule has 2 heterocycles. The number of hydrogen-bond acceptors (Lipinski definition) is 8. The summed E-state index contributed by atoms with van der Waals surface area (Å²) in [4.78, 5) is 24.1. The number of carbonyl (C=O) groups is 1. The van der Waals surface area contributed by atoms with E-state index in [2.05, 4.69) is 15.0 Å². The van der Waals surface area contributed by atoms with Crippen LogP contribution < -0.4 is 5.73 Å². The van der Waals surface area contributed by atoms with Crippen molar-refractivity contribution in [2.75, 3.05) is 18.9 Å². The van der Waals surface area contributed by atoms with E-state index in [1.54, 1.807) is 17.1 Å². The third-order valence-corrected chi connectivity index (χ3v) is 4.40. The number of imidazole rings is 1. The molecule has 0 radical (unpaired) electrons. The summed E-state index contributed by atoms with van der Waals surface area (Å²) < 4.78 is 12.6. The molecule has 1 saturated carbocycles. The van der Waals surface area contributed by atoms with Gasteiger partial charge in [0.15, 0.2) is 5.65 Å². The fourth-order valence-corrected chi connectivity index (χ4v) is 2.94. The van der Waals surface area contributed by atoms with Gasteiger partial charge in [-0.05, 0) is 12.8 Å². The molecule has 9 nitrogen and oxygen atoms in total. The molecule has 0 aromatic carbocycles. The van der Waals surface area contributed by atoms with Gasteiger partial charge in [-0.3, -0.25) is 4.79 Å². The van der Waals surface area contributed by atoms with Gasteiger partial charge in [-0.15, -0.1) is 0 Å². The van der Waals surface area contributed by atoms with Gasteiger partial charge in [0.1, 0.15) is 25.0 Å². The summed E-state index contributed by atoms with van der Waals surface area (Å²) in [7, 11) is 0. The van der Waals surface area contributed by atoms with Crippen LogP contribution >= 0.6 is 0 Å². The van der Waals surface area contributed by atoms with Crippen LogP contribution in [0.3, 0.4) is 0 Å². The van der Waals surface area contributed by atoms with Crippen molar-refractivity contribution in [2.24, 2.45) is 5.92 Å². The summed E-state index contributed by atoms with van der Waals surface area (Å²) in [5, 5.41) is 9.45. The second-order valence-corrected chi connectivity index (χ2v) is 6.22. The largest absolute Gasteiger partial charge is 0.463 e. The molecule has 2 aromatic heterocycles. The van der Waals surface area contributed by atoms with Crippen molar-refractivity contribution in [3.05, 3.63) is 12.5 Å². The van der Waals surface area contributed by atoms with Gasteiger partial charge in [0.25, 0.3) is 0 Å². The number of nitrogen functional groups attached to an aromatic ring is 1. The number of aliphatic hydroxyl groups excluding tert-OH is 1. The Morgan fingerprint density at radius 3 is 2.92 bits per heavy atom. The lowest BCUT2D eigenvalue weighted by molar-refractivity contribution is -0.156. The Morgan fingerprint density at radius 1 is 1.36 bits per heavy atom. The Labute approximate surface area is 145 Å². The maximum Gasteiger partial charge on any atom is 0.309 e. The van der Waals surface area contributed by atoms with Gasteiger partial charge in [0.2, 0.25) is 5.95 Å². The van der Waals surface area contributed by atoms with Gasteiger partial charge in [0.05, 0.1) is 25.0 Å². The van der Waals surface area contributed by atoms with E-state index in [1.807, 2.05) is 0 Å². The lowest BCUT2D eigenvalue weighted by atomic mass is 9.89. The van der Waals surface area contributed by atoms with Crippen LogP contribution in [0.4, 0.5) is 5.95 Å². The normalized spacial score (nSPS) is 16.8. The van der Waals surface area contributed by atoms with Crippen molar-refractivity contribution in [3.63, 3.8) is 0 Å². The number of anilines is 1. The summed E-state index contributed by atoms with van der Waals surface area (Å²) in [5.41, 5.74) is 6.67. The molecule has 0 aliphatic heterocycles. The quantitative estimate of drug-likeness (QED) is 0.705. The van der Waals surface area contributed by atoms with Gasteiger partial charge in [0, 0.05) is 0 Å². The van der Waals surface area contributed by atoms with Crippen molar-refractivity contribution in [1.82, 2.24) is 19.5 Å². The average molecular weight is 349 g/mol. The molecule has 1 aliphatic carbocycles. The zero-order chi connectivity index (χ0) is 17.6. The van der Waals surface area contributed by atoms with E-state index in [4.69, 9.17) is 15.2 Å². The Balaban J connectivity index is 1.50. The summed E-state index contributed by atoms with van der Waals surface area (Å²) in [6.07, 6.45) is 7.60. The monoisotopic (exact) mass is 349 g/mol. The molecule has 2 aromatic rings. The van der Waals surface area contributed by atoms with Crippen LogP contribution in [-0.4, -0.2) is 49.9 Å². The molecule has 0 saturated heterocycles. The fourth-order valence-electron chi connectivity index (χ4n) is 2.94. The van der Waals surface area contributed by atoms with E-state index in [1.165, 1.54) is 6.42 Å². The second-order valence-electron chi connectivity index (χ2n) is 6.22. The van der Waals surface area contributed by atoms with Crippen LogP contribution in [0, 0.1) is 5.92 Å². The molecule has 0 spiro atoms. The van der Waals surface area contributed by atoms with Crippen molar-refractivity contribution >= 4 is 23.1 Å². The minimum Gasteiger partial charge on any atom is -0.463 e. The molecule has 3 N–H and O–H groups in total. The highest BCUT2D eigenvalue weighted by Crippen LogP contribution is 2.24. The fraction of sp³-hybridized carbons (Fsp3) is 0.625. The van der Waals surface area contributed by atoms with E-state index in [-0.39, 0.29) is 37.8 Å². The Kier molecular flexibility index (Phi) is 5.77. The van der Waals surface area contributed by atoms with E-state index in [0.29, 0.717) is 11.2 Å². The SMILES string of the molecule is Nc1ncc2c(ncn2COC(CO)COC(=O)C2CCCCC2)n1. The lowest BCUT2D eigenvalue weighted by Gasteiger charge is -2.22. The maximum atomic E-state index is 12.1. The number of nitrogens with two attached hydrogens (primary N) is 1. The van der Waals surface area contributed by atoms with E-state index in [0.717, 1.165) is 25.7 Å². The van der Waals surface area contributed by atoms with Crippen LogP contribution in [0.15, 0.2) is 12.5 Å². The molecular weight excluding hydrogens is 326 g/mol. The Hall–Kier alpha value is -2.26. The van der Waals surface area contributed by atoms with Crippen molar-refractivity contribution < 1.29 is 19.4 Å². The lowest BCUT2D eigenvalue weighted by Crippen LogP contribution is -2.29. The van der Waals surface area contributed by atoms with Crippen LogP contribution in [0.1, 0.15) is 32.1 Å². The molecule has 1 aliphatic rings. The minimum absolute atomic E-state index is 0.0201. The number of rotatable bonds is 7. The highest BCUT2D eigenvalue weighted by Gasteiger charge is 2.23. The van der Waals surface area contributed by atoms with Gasteiger partial charge >= 0.3 is 5.97 Å². The molecule has 0 bridgehead atoms. The van der Waals surface area contributed by atoms with Crippen LogP contribution in [0.5, 0.6) is 0 Å². The molecular formula is C16H23N5O4. The summed E-state index contributed by atoms with van der Waals surface area (Å²) in [6, 6.07) is 0. The van der Waals surface area contributed by atoms with E-state index in [9.17, 15) is 9.90 Å². The third kappa shape index (κ3) is 4.43.